The average molecular weight is 1380 g/mol. The molecular formula is C97H58N8O3. The maximum atomic E-state index is 7.06. The molecule has 0 bridgehead atoms. The molecule has 0 radical (unpaired) electrons. The standard InChI is InChI=1S/C97H58N8O3/c1-55-98-80-29-8-12-33-84(80)103(55)66-42-36-57(37-43-66)89-75-51-60(62-39-45-74-88(54-62)108-97-94(74)90(71-26-3-7-28-77(71)100-97)64-20-15-18-58(48-64)59-19-16-23-68(49-59)105-82-31-10-4-24-69(82)70-25-5-11-32-83(70)105)40-46-78(75)102-96-93(89)73-44-38-63(53-87(73)107-96)61-41-47-79-76(52-61)91(92-72-27-6-14-35-86(72)106-95(92)101-79)65-21-17-22-67(50-65)104-56(2)99-81-30-9-13-34-85(81)104/h3-54H,1-2H3. The Morgan fingerprint density at radius 3 is 1.17 bits per heavy atom. The van der Waals surface area contributed by atoms with E-state index in [-0.39, 0.29) is 0 Å². The van der Waals surface area contributed by atoms with Crippen molar-refractivity contribution in [2.24, 2.45) is 0 Å². The molecular weight excluding hydrogens is 1330 g/mol. The van der Waals surface area contributed by atoms with Gasteiger partial charge in [0.15, 0.2) is 0 Å². The number of furan rings is 3. The minimum atomic E-state index is 0.552. The van der Waals surface area contributed by atoms with Crippen molar-refractivity contribution in [3.05, 3.63) is 327 Å². The van der Waals surface area contributed by atoms with Gasteiger partial charge in [0.25, 0.3) is 0 Å². The fourth-order valence-electron chi connectivity index (χ4n) is 17.4. The molecule has 0 amide bonds. The molecule has 504 valence electrons. The van der Waals surface area contributed by atoms with Gasteiger partial charge in [-0.1, -0.05) is 176 Å². The average Bonchev–Trinajstić information content (AvgIpc) is 1.50. The topological polar surface area (TPSA) is 119 Å². The molecule has 9 heterocycles. The van der Waals surface area contributed by atoms with E-state index in [4.69, 9.17) is 38.2 Å². The second kappa shape index (κ2) is 23.0. The molecule has 23 aromatic rings. The second-order valence-electron chi connectivity index (χ2n) is 28.3. The summed E-state index contributed by atoms with van der Waals surface area (Å²) in [5.41, 5.74) is 28.5. The van der Waals surface area contributed by atoms with Gasteiger partial charge in [-0.05, 0) is 203 Å². The predicted molar refractivity (Wildman–Crippen MR) is 440 cm³/mol. The van der Waals surface area contributed by atoms with Crippen LogP contribution in [0.2, 0.25) is 0 Å². The van der Waals surface area contributed by atoms with Crippen LogP contribution in [0, 0.1) is 13.8 Å². The van der Waals surface area contributed by atoms with Gasteiger partial charge in [-0.3, -0.25) is 9.13 Å². The Morgan fingerprint density at radius 2 is 0.583 bits per heavy atom. The highest BCUT2D eigenvalue weighted by Gasteiger charge is 2.26. The Labute approximate surface area is 615 Å². The van der Waals surface area contributed by atoms with Crippen LogP contribution >= 0.6 is 0 Å². The molecule has 0 aliphatic rings. The number of rotatable bonds is 9. The van der Waals surface area contributed by atoms with E-state index in [9.17, 15) is 0 Å². The molecule has 14 aromatic carbocycles. The van der Waals surface area contributed by atoms with Gasteiger partial charge in [-0.2, -0.15) is 0 Å². The monoisotopic (exact) mass is 1380 g/mol. The van der Waals surface area contributed by atoms with E-state index in [0.29, 0.717) is 17.1 Å². The third kappa shape index (κ3) is 9.05. The summed E-state index contributed by atoms with van der Waals surface area (Å²) in [6.45, 7) is 4.13. The molecule has 0 fully saturated rings. The molecule has 11 nitrogen and oxygen atoms in total. The first-order chi connectivity index (χ1) is 53.3. The first-order valence-electron chi connectivity index (χ1n) is 36.4. The van der Waals surface area contributed by atoms with Crippen LogP contribution in [0.5, 0.6) is 0 Å². The van der Waals surface area contributed by atoms with E-state index >= 15 is 0 Å². The van der Waals surface area contributed by atoms with Gasteiger partial charge in [0.05, 0.1) is 65.8 Å². The van der Waals surface area contributed by atoms with Gasteiger partial charge in [0, 0.05) is 76.8 Å². The summed E-state index contributed by atoms with van der Waals surface area (Å²) in [6, 6.07) is 112. The van der Waals surface area contributed by atoms with Gasteiger partial charge in [0.2, 0.25) is 17.1 Å². The fraction of sp³-hybridized carbons (Fsp3) is 0.0206. The van der Waals surface area contributed by atoms with Gasteiger partial charge < -0.3 is 17.8 Å². The zero-order valence-corrected chi connectivity index (χ0v) is 58.3. The lowest BCUT2D eigenvalue weighted by atomic mass is 9.92. The largest absolute Gasteiger partial charge is 0.438 e. The van der Waals surface area contributed by atoms with Crippen molar-refractivity contribution in [2.45, 2.75) is 13.8 Å². The lowest BCUT2D eigenvalue weighted by Gasteiger charge is -2.14. The van der Waals surface area contributed by atoms with Crippen LogP contribution < -0.4 is 0 Å². The minimum Gasteiger partial charge on any atom is -0.438 e. The Bertz CT molecular complexity index is 7740. The summed E-state index contributed by atoms with van der Waals surface area (Å²) in [4.78, 5) is 25.7. The van der Waals surface area contributed by atoms with Gasteiger partial charge in [-0.25, -0.2) is 24.9 Å². The molecule has 23 rings (SSSR count). The van der Waals surface area contributed by atoms with Crippen molar-refractivity contribution in [1.82, 2.24) is 38.6 Å². The zero-order chi connectivity index (χ0) is 71.0. The van der Waals surface area contributed by atoms with Crippen LogP contribution in [-0.2, 0) is 0 Å². The molecule has 0 atom stereocenters. The molecule has 0 N–H and O–H groups in total. The Hall–Kier alpha value is -14.6. The van der Waals surface area contributed by atoms with Crippen LogP contribution in [-0.4, -0.2) is 38.6 Å². The molecule has 0 spiro atoms. The SMILES string of the molecule is Cc1nc2ccccc2n1-c1ccc(-c2c3cc(-c4ccc5c(c4)oc4nc6ccccc6c(-c6cccc(-c7cccc(-n8c9ccccc9c9ccccc98)c7)c6)c45)ccc3nc3oc4cc(-c5ccc6nc7oc8ccccc8c7c(-c7cccc(-n8c(C)nc9ccccc98)c7)c6c5)ccc4c23)cc1. The number of nitrogens with zero attached hydrogens (tertiary/aromatic N) is 8. The fourth-order valence-corrected chi connectivity index (χ4v) is 17.4. The summed E-state index contributed by atoms with van der Waals surface area (Å²) < 4.78 is 27.4. The number of aromatic nitrogens is 8. The number of imidazole rings is 2. The number of para-hydroxylation sites is 8. The second-order valence-corrected chi connectivity index (χ2v) is 28.3. The molecule has 0 saturated heterocycles. The number of benzene rings is 14. The first-order valence-corrected chi connectivity index (χ1v) is 36.4. The van der Waals surface area contributed by atoms with Crippen molar-refractivity contribution in [3.63, 3.8) is 0 Å². The third-order valence-corrected chi connectivity index (χ3v) is 22.1. The summed E-state index contributed by atoms with van der Waals surface area (Å²) in [5.74, 6) is 1.83. The minimum absolute atomic E-state index is 0.552. The summed E-state index contributed by atoms with van der Waals surface area (Å²) >= 11 is 0. The summed E-state index contributed by atoms with van der Waals surface area (Å²) in [5, 5.41) is 11.3. The maximum Gasteiger partial charge on any atom is 0.228 e. The molecule has 0 aliphatic heterocycles. The van der Waals surface area contributed by atoms with Crippen LogP contribution in [0.3, 0.4) is 0 Å². The van der Waals surface area contributed by atoms with Gasteiger partial charge >= 0.3 is 0 Å². The van der Waals surface area contributed by atoms with E-state index in [0.717, 1.165) is 199 Å². The van der Waals surface area contributed by atoms with Crippen molar-refractivity contribution in [3.8, 4) is 83.8 Å². The van der Waals surface area contributed by atoms with Crippen LogP contribution in [0.4, 0.5) is 0 Å². The highest BCUT2D eigenvalue weighted by molar-refractivity contribution is 6.23. The van der Waals surface area contributed by atoms with Crippen molar-refractivity contribution < 1.29 is 13.3 Å². The van der Waals surface area contributed by atoms with E-state index in [1.54, 1.807) is 0 Å². The van der Waals surface area contributed by atoms with E-state index in [1.807, 2.05) is 30.3 Å². The quantitative estimate of drug-likeness (QED) is 0.140. The van der Waals surface area contributed by atoms with Crippen molar-refractivity contribution in [1.29, 1.82) is 0 Å². The smallest absolute Gasteiger partial charge is 0.228 e. The summed E-state index contributed by atoms with van der Waals surface area (Å²) in [7, 11) is 0. The number of aryl methyl sites for hydroxylation is 2. The molecule has 11 heteroatoms. The van der Waals surface area contributed by atoms with E-state index in [1.165, 1.54) is 21.8 Å². The molecule has 0 saturated carbocycles. The number of fused-ring (bicyclic) bond motifs is 17. The van der Waals surface area contributed by atoms with Crippen LogP contribution in [0.1, 0.15) is 11.6 Å². The maximum absolute atomic E-state index is 7.06. The molecule has 108 heavy (non-hydrogen) atoms. The lowest BCUT2D eigenvalue weighted by molar-refractivity contribution is 0.655. The van der Waals surface area contributed by atoms with Gasteiger partial charge in [-0.15, -0.1) is 0 Å². The lowest BCUT2D eigenvalue weighted by Crippen LogP contribution is -1.97. The van der Waals surface area contributed by atoms with E-state index in [2.05, 4.69) is 313 Å². The highest BCUT2D eigenvalue weighted by Crippen LogP contribution is 2.48. The number of hydrogen-bond acceptors (Lipinski definition) is 8. The van der Waals surface area contributed by atoms with Crippen LogP contribution in [0.25, 0.3) is 227 Å². The third-order valence-electron chi connectivity index (χ3n) is 22.1. The molecule has 0 aliphatic carbocycles. The van der Waals surface area contributed by atoms with Crippen molar-refractivity contribution in [2.75, 3.05) is 0 Å². The van der Waals surface area contributed by atoms with Gasteiger partial charge in [0.1, 0.15) is 28.4 Å². The highest BCUT2D eigenvalue weighted by atomic mass is 16.3. The van der Waals surface area contributed by atoms with Crippen LogP contribution in [0.15, 0.2) is 329 Å². The summed E-state index contributed by atoms with van der Waals surface area (Å²) in [6.07, 6.45) is 0. The zero-order valence-electron chi connectivity index (χ0n) is 58.3. The first kappa shape index (κ1) is 59.9. The Kier molecular flexibility index (Phi) is 12.7. The predicted octanol–water partition coefficient (Wildman–Crippen LogP) is 25.4. The normalized spacial score (nSPS) is 12.2. The molecule has 9 aromatic heterocycles. The molecule has 0 unspecified atom stereocenters. The van der Waals surface area contributed by atoms with E-state index < -0.39 is 0 Å². The Balaban J connectivity index is 0.663. The Morgan fingerprint density at radius 1 is 0.213 bits per heavy atom. The van der Waals surface area contributed by atoms with Crippen molar-refractivity contribution >= 4 is 143 Å². The number of hydrogen-bond donors (Lipinski definition) is 0. The number of pyridine rings is 3.